The minimum atomic E-state index is -1.98. The number of amides is 4. The summed E-state index contributed by atoms with van der Waals surface area (Å²) < 4.78 is 16.6. The Kier molecular flexibility index (Phi) is 13.0. The van der Waals surface area contributed by atoms with Gasteiger partial charge in [0, 0.05) is 39.0 Å². The second kappa shape index (κ2) is 18.0. The van der Waals surface area contributed by atoms with E-state index >= 15 is 4.39 Å². The fraction of sp³-hybridized carbons (Fsp3) is 0.325. The first-order valence-electron chi connectivity index (χ1n) is 17.6. The van der Waals surface area contributed by atoms with Gasteiger partial charge in [0.25, 0.3) is 0 Å². The highest BCUT2D eigenvalue weighted by Crippen LogP contribution is 2.26. The van der Waals surface area contributed by atoms with Crippen LogP contribution in [-0.4, -0.2) is 88.8 Å². The molecule has 0 bridgehead atoms. The summed E-state index contributed by atoms with van der Waals surface area (Å²) in [4.78, 5) is 61.3. The van der Waals surface area contributed by atoms with Gasteiger partial charge in [-0.25, -0.2) is 4.39 Å². The lowest BCUT2D eigenvalue weighted by Gasteiger charge is -2.43. The number of phenols is 1. The highest BCUT2D eigenvalue weighted by Gasteiger charge is 2.42. The first-order valence-corrected chi connectivity index (χ1v) is 17.6. The molecule has 1 aliphatic rings. The minimum absolute atomic E-state index is 0.0106. The van der Waals surface area contributed by atoms with Crippen molar-refractivity contribution in [1.29, 1.82) is 0 Å². The smallest absolute Gasteiger partial charge is 0.249 e. The summed E-state index contributed by atoms with van der Waals surface area (Å²) in [7, 11) is 0. The molecule has 278 valence electrons. The number of alkyl halides is 1. The van der Waals surface area contributed by atoms with E-state index in [1.807, 2.05) is 36.4 Å². The first-order chi connectivity index (χ1) is 25.5. The van der Waals surface area contributed by atoms with Crippen LogP contribution < -0.4 is 22.1 Å². The summed E-state index contributed by atoms with van der Waals surface area (Å²) in [5.74, 6) is -2.40. The molecule has 1 heterocycles. The molecule has 4 unspecified atom stereocenters. The molecule has 0 aliphatic carbocycles. The molecule has 4 amide bonds. The highest BCUT2D eigenvalue weighted by molar-refractivity contribution is 5.94. The summed E-state index contributed by atoms with van der Waals surface area (Å²) in [5.41, 5.74) is 12.9. The van der Waals surface area contributed by atoms with Gasteiger partial charge in [0.1, 0.15) is 24.4 Å². The second-order valence-electron chi connectivity index (χ2n) is 13.3. The van der Waals surface area contributed by atoms with Crippen molar-refractivity contribution in [1.82, 2.24) is 20.4 Å². The largest absolute Gasteiger partial charge is 0.508 e. The van der Waals surface area contributed by atoms with Gasteiger partial charge in [0.15, 0.2) is 12.1 Å². The van der Waals surface area contributed by atoms with Crippen molar-refractivity contribution >= 4 is 40.4 Å². The van der Waals surface area contributed by atoms with Crippen LogP contribution in [0.25, 0.3) is 10.8 Å². The van der Waals surface area contributed by atoms with Crippen LogP contribution in [0.5, 0.6) is 5.75 Å². The molecule has 1 aliphatic heterocycles. The van der Waals surface area contributed by atoms with E-state index in [4.69, 9.17) is 11.5 Å². The Labute approximate surface area is 308 Å². The van der Waals surface area contributed by atoms with Crippen LogP contribution in [0.1, 0.15) is 42.6 Å². The Morgan fingerprint density at radius 2 is 1.60 bits per heavy atom. The number of phenolic OH excluding ortho intramolecular Hbond substituents is 1. The second-order valence-corrected chi connectivity index (χ2v) is 13.3. The number of carbonyl (C=O) groups is 4. The van der Waals surface area contributed by atoms with Crippen LogP contribution in [0.15, 0.2) is 102 Å². The Bertz CT molecular complexity index is 1920. The first kappa shape index (κ1) is 38.3. The molecule has 12 nitrogen and oxygen atoms in total. The third-order valence-electron chi connectivity index (χ3n) is 9.33. The SMILES string of the molecule is CC(=O)NC(Cc1ccc(O)cc1)C(=O)NC(C(=O)N1CC(=O)N(CCc2ccc3ccccc3c2)CC1CCCN=C(N)N)C(F)c1ccccc1. The summed E-state index contributed by atoms with van der Waals surface area (Å²) in [5, 5.41) is 17.1. The minimum Gasteiger partial charge on any atom is -0.508 e. The number of hydrogen-bond acceptors (Lipinski definition) is 6. The van der Waals surface area contributed by atoms with Crippen molar-refractivity contribution in [2.45, 2.75) is 56.9 Å². The van der Waals surface area contributed by atoms with E-state index in [1.165, 1.54) is 36.1 Å². The summed E-state index contributed by atoms with van der Waals surface area (Å²) in [6.45, 7) is 1.82. The van der Waals surface area contributed by atoms with Gasteiger partial charge < -0.3 is 37.0 Å². The van der Waals surface area contributed by atoms with Gasteiger partial charge in [-0.05, 0) is 58.9 Å². The van der Waals surface area contributed by atoms with Gasteiger partial charge in [-0.1, -0.05) is 84.9 Å². The lowest BCUT2D eigenvalue weighted by atomic mass is 9.98. The molecule has 1 fully saturated rings. The Balaban J connectivity index is 1.39. The number of hydrogen-bond donors (Lipinski definition) is 5. The van der Waals surface area contributed by atoms with Crippen LogP contribution >= 0.6 is 0 Å². The number of carbonyl (C=O) groups excluding carboxylic acids is 4. The van der Waals surface area contributed by atoms with Gasteiger partial charge in [-0.15, -0.1) is 0 Å². The number of benzene rings is 4. The fourth-order valence-electron chi connectivity index (χ4n) is 6.59. The van der Waals surface area contributed by atoms with E-state index in [-0.39, 0.29) is 49.2 Å². The van der Waals surface area contributed by atoms with Gasteiger partial charge in [0.2, 0.25) is 23.6 Å². The third-order valence-corrected chi connectivity index (χ3v) is 9.33. The van der Waals surface area contributed by atoms with Crippen molar-refractivity contribution in [3.8, 4) is 5.75 Å². The predicted molar refractivity (Wildman–Crippen MR) is 201 cm³/mol. The predicted octanol–water partition coefficient (Wildman–Crippen LogP) is 3.12. The van der Waals surface area contributed by atoms with E-state index in [2.05, 4.69) is 21.7 Å². The number of aromatic hydroxyl groups is 1. The lowest BCUT2D eigenvalue weighted by molar-refractivity contribution is -0.152. The van der Waals surface area contributed by atoms with Crippen LogP contribution in [-0.2, 0) is 32.0 Å². The average molecular weight is 724 g/mol. The number of piperazine rings is 1. The molecule has 0 spiro atoms. The molecule has 0 aromatic heterocycles. The number of halogens is 1. The molecule has 5 rings (SSSR count). The number of nitrogens with one attached hydrogen (secondary N) is 2. The number of guanidine groups is 1. The van der Waals surface area contributed by atoms with Crippen molar-refractivity contribution in [3.63, 3.8) is 0 Å². The van der Waals surface area contributed by atoms with Crippen LogP contribution in [0.2, 0.25) is 0 Å². The van der Waals surface area contributed by atoms with E-state index in [0.29, 0.717) is 31.4 Å². The quantitative estimate of drug-likeness (QED) is 0.0709. The normalized spacial score (nSPS) is 16.0. The van der Waals surface area contributed by atoms with Crippen molar-refractivity contribution < 1.29 is 28.7 Å². The highest BCUT2D eigenvalue weighted by atomic mass is 19.1. The zero-order valence-electron chi connectivity index (χ0n) is 29.7. The maximum Gasteiger partial charge on any atom is 0.249 e. The number of fused-ring (bicyclic) bond motifs is 1. The van der Waals surface area contributed by atoms with E-state index in [9.17, 15) is 24.3 Å². The maximum atomic E-state index is 16.6. The van der Waals surface area contributed by atoms with Gasteiger partial charge in [0.05, 0.1) is 0 Å². The molecular weight excluding hydrogens is 677 g/mol. The topological polar surface area (TPSA) is 183 Å². The number of nitrogens with zero attached hydrogens (tertiary/aromatic N) is 3. The van der Waals surface area contributed by atoms with Crippen molar-refractivity contribution in [2.24, 2.45) is 16.5 Å². The van der Waals surface area contributed by atoms with Crippen molar-refractivity contribution in [2.75, 3.05) is 26.2 Å². The number of aliphatic imine (C=N–C) groups is 1. The molecule has 0 saturated carbocycles. The molecule has 4 aromatic carbocycles. The zero-order valence-corrected chi connectivity index (χ0v) is 29.7. The van der Waals surface area contributed by atoms with E-state index in [1.54, 1.807) is 35.2 Å². The molecule has 13 heteroatoms. The molecule has 1 saturated heterocycles. The Morgan fingerprint density at radius 1 is 0.925 bits per heavy atom. The maximum absolute atomic E-state index is 16.6. The Hall–Kier alpha value is -5.98. The van der Waals surface area contributed by atoms with E-state index < -0.39 is 42.0 Å². The number of nitrogens with two attached hydrogens (primary N) is 2. The zero-order chi connectivity index (χ0) is 37.9. The van der Waals surface area contributed by atoms with Gasteiger partial charge in [-0.2, -0.15) is 0 Å². The van der Waals surface area contributed by atoms with Crippen LogP contribution in [0.4, 0.5) is 4.39 Å². The van der Waals surface area contributed by atoms with Gasteiger partial charge in [-0.3, -0.25) is 24.2 Å². The van der Waals surface area contributed by atoms with Crippen molar-refractivity contribution in [3.05, 3.63) is 114 Å². The van der Waals surface area contributed by atoms with E-state index in [0.717, 1.165) is 16.3 Å². The number of rotatable bonds is 15. The average Bonchev–Trinajstić information content (AvgIpc) is 3.15. The van der Waals surface area contributed by atoms with Crippen LogP contribution in [0.3, 0.4) is 0 Å². The van der Waals surface area contributed by atoms with Crippen LogP contribution in [0, 0.1) is 0 Å². The Morgan fingerprint density at radius 3 is 2.30 bits per heavy atom. The van der Waals surface area contributed by atoms with Gasteiger partial charge >= 0.3 is 0 Å². The molecule has 0 radical (unpaired) electrons. The summed E-state index contributed by atoms with van der Waals surface area (Å²) in [6.07, 6.45) is -0.499. The molecular formula is C40H46FN7O5. The lowest BCUT2D eigenvalue weighted by Crippen LogP contribution is -2.63. The monoisotopic (exact) mass is 723 g/mol. The molecule has 7 N–H and O–H groups in total. The standard InChI is InChI=1S/C40H46FN7O5/c1-26(49)45-34(23-27-14-17-33(50)18-15-27)38(52)46-37(36(41)30-9-3-2-4-10-30)39(53)48-25-35(51)47(24-32(48)12-7-20-44-40(42)43)21-19-28-13-16-29-8-5-6-11-31(29)22-28/h2-6,8-11,13-18,22,32,34,36-37,50H,7,12,19-21,23-25H2,1H3,(H,45,49)(H,46,52)(H4,42,43,44). The fourth-order valence-corrected chi connectivity index (χ4v) is 6.59. The third kappa shape index (κ3) is 10.5. The molecule has 53 heavy (non-hydrogen) atoms. The summed E-state index contributed by atoms with van der Waals surface area (Å²) in [6, 6.07) is 24.9. The summed E-state index contributed by atoms with van der Waals surface area (Å²) >= 11 is 0. The molecule has 4 atom stereocenters. The molecule has 4 aromatic rings.